The summed E-state index contributed by atoms with van der Waals surface area (Å²) in [7, 11) is -9.18. The molecule has 0 radical (unpaired) electrons. The summed E-state index contributed by atoms with van der Waals surface area (Å²) in [5.74, 6) is -1.54. The maximum atomic E-state index is 12.6. The van der Waals surface area contributed by atoms with Crippen LogP contribution in [-0.2, 0) is 25.9 Å². The maximum absolute atomic E-state index is 12.6. The molecule has 0 spiro atoms. The lowest BCUT2D eigenvalue weighted by Gasteiger charge is -2.31. The van der Waals surface area contributed by atoms with Crippen LogP contribution in [0.4, 0.5) is 4.79 Å². The first-order valence-electron chi connectivity index (χ1n) is 14.1. The summed E-state index contributed by atoms with van der Waals surface area (Å²) >= 11 is 0. The van der Waals surface area contributed by atoms with Gasteiger partial charge >= 0.3 is 13.7 Å². The minimum absolute atomic E-state index is 0.162. The van der Waals surface area contributed by atoms with Gasteiger partial charge in [0.1, 0.15) is 18.1 Å². The van der Waals surface area contributed by atoms with Gasteiger partial charge < -0.3 is 29.5 Å². The molecule has 0 saturated carbocycles. The predicted molar refractivity (Wildman–Crippen MR) is 162 cm³/mol. The predicted octanol–water partition coefficient (Wildman–Crippen LogP) is 3.72. The van der Waals surface area contributed by atoms with Crippen molar-refractivity contribution >= 4 is 29.6 Å². The second-order valence-corrected chi connectivity index (χ2v) is 13.9. The van der Waals surface area contributed by atoms with Gasteiger partial charge in [-0.3, -0.25) is 9.36 Å². The summed E-state index contributed by atoms with van der Waals surface area (Å²) in [6, 6.07) is 22.9. The van der Waals surface area contributed by atoms with Crippen LogP contribution in [0.3, 0.4) is 0 Å². The molecule has 0 bridgehead atoms. The molecule has 3 aromatic rings. The van der Waals surface area contributed by atoms with Gasteiger partial charge in [0.15, 0.2) is 0 Å². The number of ether oxygens (including phenoxy) is 2. The van der Waals surface area contributed by atoms with Crippen LogP contribution in [0, 0.1) is 5.92 Å². The molecule has 0 aliphatic carbocycles. The molecule has 1 atom stereocenters. The topological polar surface area (TPSA) is 172 Å². The molecule has 1 aliphatic rings. The number of rotatable bonds is 13. The average Bonchev–Trinajstić information content (AvgIpc) is 3.03. The van der Waals surface area contributed by atoms with Gasteiger partial charge in [-0.1, -0.05) is 48.5 Å². The number of nitrogens with one attached hydrogen (secondary N) is 2. The van der Waals surface area contributed by atoms with Gasteiger partial charge in [0.05, 0.1) is 11.5 Å². The zero-order valence-corrected chi connectivity index (χ0v) is 25.7. The van der Waals surface area contributed by atoms with E-state index in [1.54, 1.807) is 23.1 Å². The van der Waals surface area contributed by atoms with E-state index in [0.29, 0.717) is 31.4 Å². The Bertz CT molecular complexity index is 1530. The van der Waals surface area contributed by atoms with Gasteiger partial charge in [0, 0.05) is 25.2 Å². The quantitative estimate of drug-likeness (QED) is 0.202. The van der Waals surface area contributed by atoms with E-state index in [0.717, 1.165) is 24.8 Å². The van der Waals surface area contributed by atoms with Crippen molar-refractivity contribution in [3.8, 4) is 5.75 Å². The van der Waals surface area contributed by atoms with Crippen molar-refractivity contribution < 1.29 is 41.8 Å². The molecule has 1 aliphatic heterocycles. The molecule has 2 amide bonds. The highest BCUT2D eigenvalue weighted by molar-refractivity contribution is 7.89. The van der Waals surface area contributed by atoms with Crippen molar-refractivity contribution in [2.75, 3.05) is 26.2 Å². The van der Waals surface area contributed by atoms with Crippen LogP contribution >= 0.6 is 7.60 Å². The third-order valence-corrected chi connectivity index (χ3v) is 9.98. The molecule has 236 valence electrons. The smallest absolute Gasteiger partial charge is 0.410 e. The number of carbonyl (C=O) groups is 2. The van der Waals surface area contributed by atoms with Crippen LogP contribution in [0.15, 0.2) is 89.8 Å². The third kappa shape index (κ3) is 9.90. The Hall–Kier alpha value is -3.74. The number of piperidine rings is 1. The van der Waals surface area contributed by atoms with E-state index in [-0.39, 0.29) is 23.2 Å². The van der Waals surface area contributed by atoms with Crippen molar-refractivity contribution in [2.24, 2.45) is 5.92 Å². The van der Waals surface area contributed by atoms with Crippen LogP contribution in [0.25, 0.3) is 0 Å². The highest BCUT2D eigenvalue weighted by atomic mass is 32.2. The average molecular weight is 646 g/mol. The Balaban J connectivity index is 1.18. The van der Waals surface area contributed by atoms with Crippen molar-refractivity contribution in [2.45, 2.75) is 36.5 Å². The SMILES string of the molecule is O=C(NCC(NS(=O)(=O)c1ccccc1)P(=O)(O)O)c1ccc(OCCC2CCN(C(=O)OCc3ccccc3)CC2)cc1. The third-order valence-electron chi connectivity index (χ3n) is 7.20. The van der Waals surface area contributed by atoms with Gasteiger partial charge in [0.25, 0.3) is 5.91 Å². The Kier molecular flexibility index (Phi) is 11.5. The van der Waals surface area contributed by atoms with Crippen LogP contribution in [0.5, 0.6) is 5.75 Å². The van der Waals surface area contributed by atoms with Crippen LogP contribution < -0.4 is 14.8 Å². The zero-order valence-electron chi connectivity index (χ0n) is 23.9. The van der Waals surface area contributed by atoms with Crippen molar-refractivity contribution in [3.63, 3.8) is 0 Å². The van der Waals surface area contributed by atoms with E-state index < -0.39 is 35.9 Å². The molecule has 4 N–H and O–H groups in total. The summed E-state index contributed by atoms with van der Waals surface area (Å²) in [4.78, 5) is 45.9. The molecule has 1 saturated heterocycles. The minimum Gasteiger partial charge on any atom is -0.494 e. The van der Waals surface area contributed by atoms with E-state index in [4.69, 9.17) is 9.47 Å². The highest BCUT2D eigenvalue weighted by Gasteiger charge is 2.34. The fourth-order valence-electron chi connectivity index (χ4n) is 4.63. The number of likely N-dealkylation sites (tertiary alicyclic amines) is 1. The van der Waals surface area contributed by atoms with Gasteiger partial charge in [-0.2, -0.15) is 4.72 Å². The van der Waals surface area contributed by atoms with Crippen molar-refractivity contribution in [1.82, 2.24) is 14.9 Å². The number of amides is 2. The van der Waals surface area contributed by atoms with Crippen LogP contribution in [-0.4, -0.2) is 67.1 Å². The zero-order chi connectivity index (χ0) is 31.6. The molecule has 1 unspecified atom stereocenters. The lowest BCUT2D eigenvalue weighted by atomic mass is 9.94. The summed E-state index contributed by atoms with van der Waals surface area (Å²) < 4.78 is 50.3. The summed E-state index contributed by atoms with van der Waals surface area (Å²) in [6.45, 7) is 1.33. The maximum Gasteiger partial charge on any atom is 0.410 e. The number of carbonyl (C=O) groups excluding carboxylic acids is 2. The first-order valence-corrected chi connectivity index (χ1v) is 17.3. The second-order valence-electron chi connectivity index (χ2n) is 10.4. The molecule has 12 nitrogen and oxygen atoms in total. The fourth-order valence-corrected chi connectivity index (χ4v) is 7.02. The number of hydrogen-bond acceptors (Lipinski definition) is 7. The van der Waals surface area contributed by atoms with Gasteiger partial charge in [-0.25, -0.2) is 13.2 Å². The van der Waals surface area contributed by atoms with Gasteiger partial charge in [-0.15, -0.1) is 0 Å². The van der Waals surface area contributed by atoms with Crippen molar-refractivity contribution in [1.29, 1.82) is 0 Å². The Morgan fingerprint density at radius 1 is 0.932 bits per heavy atom. The monoisotopic (exact) mass is 645 g/mol. The van der Waals surface area contributed by atoms with Crippen LogP contribution in [0.2, 0.25) is 0 Å². The number of hydrogen-bond donors (Lipinski definition) is 4. The molecule has 1 fully saturated rings. The second kappa shape index (κ2) is 15.3. The Morgan fingerprint density at radius 2 is 1.55 bits per heavy atom. The first-order chi connectivity index (χ1) is 21.0. The molecular formula is C30H36N3O9PS. The fraction of sp³-hybridized carbons (Fsp3) is 0.333. The molecule has 4 rings (SSSR count). The summed E-state index contributed by atoms with van der Waals surface area (Å²) in [6.07, 6.45) is 2.19. The molecular weight excluding hydrogens is 609 g/mol. The normalized spacial score (nSPS) is 14.9. The van der Waals surface area contributed by atoms with E-state index in [2.05, 4.69) is 5.32 Å². The lowest BCUT2D eigenvalue weighted by Crippen LogP contribution is -2.43. The van der Waals surface area contributed by atoms with E-state index in [1.807, 2.05) is 35.1 Å². The Morgan fingerprint density at radius 3 is 2.16 bits per heavy atom. The van der Waals surface area contributed by atoms with Gasteiger partial charge in [0.2, 0.25) is 10.0 Å². The lowest BCUT2D eigenvalue weighted by molar-refractivity contribution is 0.0799. The first kappa shape index (κ1) is 33.2. The van der Waals surface area contributed by atoms with E-state index in [9.17, 15) is 32.4 Å². The molecule has 14 heteroatoms. The molecule has 44 heavy (non-hydrogen) atoms. The van der Waals surface area contributed by atoms with Crippen LogP contribution in [0.1, 0.15) is 35.2 Å². The van der Waals surface area contributed by atoms with E-state index in [1.165, 1.54) is 36.4 Å². The number of nitrogens with zero attached hydrogens (tertiary/aromatic N) is 1. The highest BCUT2D eigenvalue weighted by Crippen LogP contribution is 2.40. The number of benzene rings is 3. The van der Waals surface area contributed by atoms with Gasteiger partial charge in [-0.05, 0) is 67.1 Å². The number of sulfonamides is 1. The Labute approximate surface area is 256 Å². The van der Waals surface area contributed by atoms with Crippen molar-refractivity contribution in [3.05, 3.63) is 96.1 Å². The largest absolute Gasteiger partial charge is 0.494 e. The standard InChI is InChI=1S/C30H36N3O9PS/c34-29(31-21-28(43(36,37)38)32-44(39,40)27-9-5-2-6-10-27)25-11-13-26(14-12-25)41-20-17-23-15-18-33(19-16-23)30(35)42-22-24-7-3-1-4-8-24/h1-14,23,28,32H,15-22H2,(H,31,34)(H2,36,37,38). The minimum atomic E-state index is -4.95. The molecule has 3 aromatic carbocycles. The summed E-state index contributed by atoms with van der Waals surface area (Å²) in [5, 5.41) is 2.38. The van der Waals surface area contributed by atoms with E-state index >= 15 is 0 Å². The molecule has 1 heterocycles. The molecule has 0 aromatic heterocycles. The summed E-state index contributed by atoms with van der Waals surface area (Å²) in [5.41, 5.74) is 1.15.